The first-order valence-corrected chi connectivity index (χ1v) is 13.7. The maximum atomic E-state index is 13.4. The molecule has 0 bridgehead atoms. The summed E-state index contributed by atoms with van der Waals surface area (Å²) in [6.07, 6.45) is 9.09. The van der Waals surface area contributed by atoms with E-state index in [9.17, 15) is 28.6 Å². The highest BCUT2D eigenvalue weighted by Gasteiger charge is 2.33. The van der Waals surface area contributed by atoms with Crippen LogP contribution >= 0.6 is 0 Å². The summed E-state index contributed by atoms with van der Waals surface area (Å²) in [7, 11) is -3.82. The summed E-state index contributed by atoms with van der Waals surface area (Å²) in [4.78, 5) is 30.2. The Morgan fingerprint density at radius 3 is 1.44 bits per heavy atom. The summed E-state index contributed by atoms with van der Waals surface area (Å²) in [5.74, 6) is 0. The molecule has 0 fully saturated rings. The minimum absolute atomic E-state index is 0.0292. The molecule has 0 N–H and O–H groups in total. The molecule has 0 unspecified atom stereocenters. The number of sulfone groups is 1. The van der Waals surface area contributed by atoms with Crippen molar-refractivity contribution in [3.8, 4) is 11.1 Å². The van der Waals surface area contributed by atoms with Crippen molar-refractivity contribution in [1.82, 2.24) is 0 Å². The van der Waals surface area contributed by atoms with Crippen molar-refractivity contribution in [2.24, 2.45) is 9.98 Å². The van der Waals surface area contributed by atoms with E-state index in [2.05, 4.69) is 9.98 Å². The van der Waals surface area contributed by atoms with Crippen molar-refractivity contribution in [3.05, 3.63) is 128 Å². The number of para-hydroxylation sites is 2. The Morgan fingerprint density at radius 2 is 1.02 bits per heavy atom. The third kappa shape index (κ3) is 5.60. The van der Waals surface area contributed by atoms with Crippen molar-refractivity contribution in [2.75, 3.05) is 0 Å². The molecule has 0 aliphatic carbocycles. The monoisotopic (exact) mass is 564 g/mol. The van der Waals surface area contributed by atoms with E-state index >= 15 is 0 Å². The molecule has 0 radical (unpaired) electrons. The number of nitro groups is 2. The van der Waals surface area contributed by atoms with Gasteiger partial charge in [-0.05, 0) is 60.7 Å². The Hall–Kier alpha value is -5.55. The molecule has 202 valence electrons. The third-order valence-corrected chi connectivity index (χ3v) is 8.07. The number of rotatable bonds is 8. The highest BCUT2D eigenvalue weighted by molar-refractivity contribution is 7.92. The van der Waals surface area contributed by atoms with Crippen molar-refractivity contribution in [2.45, 2.75) is 9.79 Å². The average molecular weight is 565 g/mol. The van der Waals surface area contributed by atoms with Gasteiger partial charge in [0.1, 0.15) is 0 Å². The number of aliphatic imine (C=N–C) groups is 2. The lowest BCUT2D eigenvalue weighted by Gasteiger charge is -2.00. The lowest BCUT2D eigenvalue weighted by molar-refractivity contribution is -0.385. The molecule has 11 heteroatoms. The first-order valence-electron chi connectivity index (χ1n) is 12.2. The van der Waals surface area contributed by atoms with E-state index in [0.717, 1.165) is 0 Å². The number of allylic oxidation sites excluding steroid dienone is 2. The van der Waals surface area contributed by atoms with Gasteiger partial charge in [-0.1, -0.05) is 36.4 Å². The molecule has 10 nitrogen and oxygen atoms in total. The number of nitro benzene ring substituents is 2. The second-order valence-electron chi connectivity index (χ2n) is 8.77. The van der Waals surface area contributed by atoms with E-state index in [1.165, 1.54) is 36.7 Å². The Balaban J connectivity index is 1.34. The Kier molecular flexibility index (Phi) is 7.44. The Bertz CT molecular complexity index is 1790. The normalized spacial score (nSPS) is 13.8. The van der Waals surface area contributed by atoms with Gasteiger partial charge in [0, 0.05) is 35.7 Å². The standard InChI is InChI=1S/C30H20N4O6S/c35-33(36)27-11-3-1-7-21(27)9-5-17-31-23-13-15-25-26-16-14-24(20-30(26)41(39,40)29(25)19-23)32-18-6-10-22-8-2-4-12-28(22)34(37)38/h1-20H. The van der Waals surface area contributed by atoms with Gasteiger partial charge in [-0.25, -0.2) is 8.42 Å². The van der Waals surface area contributed by atoms with Gasteiger partial charge in [0.05, 0.1) is 42.1 Å². The summed E-state index contributed by atoms with van der Waals surface area (Å²) < 4.78 is 26.7. The van der Waals surface area contributed by atoms with E-state index < -0.39 is 19.7 Å². The zero-order valence-corrected chi connectivity index (χ0v) is 22.0. The van der Waals surface area contributed by atoms with Gasteiger partial charge in [-0.2, -0.15) is 0 Å². The first kappa shape index (κ1) is 27.0. The molecule has 1 aliphatic rings. The lowest BCUT2D eigenvalue weighted by Crippen LogP contribution is -1.96. The molecule has 1 heterocycles. The molecule has 0 saturated heterocycles. The highest BCUT2D eigenvalue weighted by Crippen LogP contribution is 2.45. The molecule has 0 aromatic heterocycles. The van der Waals surface area contributed by atoms with Gasteiger partial charge in [-0.3, -0.25) is 30.2 Å². The SMILES string of the molecule is O=[N+]([O-])c1ccccc1C=CC=Nc1ccc2c(c1)S(=O)(=O)c1cc(N=CC=Cc3ccccc3[N+](=O)[O-])ccc1-2. The van der Waals surface area contributed by atoms with Crippen molar-refractivity contribution in [3.63, 3.8) is 0 Å². The zero-order chi connectivity index (χ0) is 29.0. The van der Waals surface area contributed by atoms with Crippen molar-refractivity contribution < 1.29 is 18.3 Å². The highest BCUT2D eigenvalue weighted by atomic mass is 32.2. The van der Waals surface area contributed by atoms with Crippen LogP contribution in [0, 0.1) is 20.2 Å². The molecule has 41 heavy (non-hydrogen) atoms. The van der Waals surface area contributed by atoms with E-state index in [1.807, 2.05) is 0 Å². The second-order valence-corrected chi connectivity index (χ2v) is 10.7. The van der Waals surface area contributed by atoms with Crippen LogP contribution in [-0.2, 0) is 9.84 Å². The van der Waals surface area contributed by atoms with Crippen molar-refractivity contribution >= 4 is 57.2 Å². The maximum Gasteiger partial charge on any atom is 0.276 e. The maximum absolute atomic E-state index is 13.4. The molecule has 5 rings (SSSR count). The minimum Gasteiger partial charge on any atom is -0.258 e. The zero-order valence-electron chi connectivity index (χ0n) is 21.2. The number of hydrogen-bond donors (Lipinski definition) is 0. The van der Waals surface area contributed by atoms with Gasteiger partial charge in [0.2, 0.25) is 9.84 Å². The fourth-order valence-electron chi connectivity index (χ4n) is 4.33. The molecular weight excluding hydrogens is 544 g/mol. The van der Waals surface area contributed by atoms with Crippen LogP contribution in [0.25, 0.3) is 23.3 Å². The van der Waals surface area contributed by atoms with E-state index in [0.29, 0.717) is 33.6 Å². The van der Waals surface area contributed by atoms with Crippen LogP contribution in [0.15, 0.2) is 117 Å². The van der Waals surface area contributed by atoms with Crippen LogP contribution in [0.3, 0.4) is 0 Å². The summed E-state index contributed by atoms with van der Waals surface area (Å²) in [6.45, 7) is 0. The van der Waals surface area contributed by atoms with Crippen LogP contribution in [0.5, 0.6) is 0 Å². The van der Waals surface area contributed by atoms with E-state index in [-0.39, 0.29) is 21.2 Å². The summed E-state index contributed by atoms with van der Waals surface area (Å²) in [5.41, 5.74) is 2.72. The van der Waals surface area contributed by atoms with Crippen molar-refractivity contribution in [1.29, 1.82) is 0 Å². The summed E-state index contributed by atoms with van der Waals surface area (Å²) in [6, 6.07) is 22.3. The predicted molar refractivity (Wildman–Crippen MR) is 158 cm³/mol. The third-order valence-electron chi connectivity index (χ3n) is 6.24. The quantitative estimate of drug-likeness (QED) is 0.111. The number of fused-ring (bicyclic) bond motifs is 3. The molecule has 0 spiro atoms. The van der Waals surface area contributed by atoms with E-state index in [1.54, 1.807) is 85.0 Å². The summed E-state index contributed by atoms with van der Waals surface area (Å²) >= 11 is 0. The Labute approximate surface area is 234 Å². The molecule has 1 aliphatic heterocycles. The van der Waals surface area contributed by atoms with Gasteiger partial charge in [0.25, 0.3) is 11.4 Å². The van der Waals surface area contributed by atoms with Gasteiger partial charge >= 0.3 is 0 Å². The average Bonchev–Trinajstić information content (AvgIpc) is 3.19. The van der Waals surface area contributed by atoms with Crippen LogP contribution < -0.4 is 0 Å². The van der Waals surface area contributed by atoms with Gasteiger partial charge in [-0.15, -0.1) is 0 Å². The molecule has 0 atom stereocenters. The van der Waals surface area contributed by atoms with Crippen LogP contribution in [0.1, 0.15) is 11.1 Å². The smallest absolute Gasteiger partial charge is 0.258 e. The fourth-order valence-corrected chi connectivity index (χ4v) is 6.06. The number of nitrogens with zero attached hydrogens (tertiary/aromatic N) is 4. The largest absolute Gasteiger partial charge is 0.276 e. The van der Waals surface area contributed by atoms with E-state index in [4.69, 9.17) is 0 Å². The number of hydrogen-bond acceptors (Lipinski definition) is 8. The summed E-state index contributed by atoms with van der Waals surface area (Å²) in [5, 5.41) is 22.3. The Morgan fingerprint density at radius 1 is 0.610 bits per heavy atom. The molecular formula is C30H20N4O6S. The lowest BCUT2D eigenvalue weighted by atomic mass is 10.1. The minimum atomic E-state index is -3.82. The van der Waals surface area contributed by atoms with Crippen LogP contribution in [0.2, 0.25) is 0 Å². The fraction of sp³-hybridized carbons (Fsp3) is 0. The second kappa shape index (κ2) is 11.3. The van der Waals surface area contributed by atoms with Gasteiger partial charge in [0.15, 0.2) is 0 Å². The number of benzene rings is 4. The van der Waals surface area contributed by atoms with Crippen LogP contribution in [0.4, 0.5) is 22.7 Å². The predicted octanol–water partition coefficient (Wildman–Crippen LogP) is 7.15. The van der Waals surface area contributed by atoms with Crippen LogP contribution in [-0.4, -0.2) is 30.7 Å². The first-order chi connectivity index (χ1) is 19.8. The molecule has 4 aromatic carbocycles. The molecule has 0 amide bonds. The topological polar surface area (TPSA) is 145 Å². The molecule has 0 saturated carbocycles. The molecule has 4 aromatic rings. The van der Waals surface area contributed by atoms with Gasteiger partial charge < -0.3 is 0 Å².